The first-order valence-corrected chi connectivity index (χ1v) is 16.5. The molecule has 0 saturated carbocycles. The third-order valence-corrected chi connectivity index (χ3v) is 0.764. The van der Waals surface area contributed by atoms with E-state index in [0.717, 1.165) is 12.1 Å². The molecule has 0 aliphatic rings. The summed E-state index contributed by atoms with van der Waals surface area (Å²) in [5, 5.41) is 0. The van der Waals surface area contributed by atoms with Crippen molar-refractivity contribution >= 4 is 27.2 Å². The fraction of sp³-hybridized carbons (Fsp3) is 0. The summed E-state index contributed by atoms with van der Waals surface area (Å²) in [6.45, 7) is 0. The number of hydrogen-bond donors (Lipinski definition) is 0. The van der Waals surface area contributed by atoms with Gasteiger partial charge in [0.25, 0.3) is 0 Å². The molecular weight excluding hydrogens is 335 g/mol. The first-order chi connectivity index (χ1) is 5.22. The van der Waals surface area contributed by atoms with Crippen LogP contribution >= 0.6 is 27.2 Å². The third kappa shape index (κ3) is 5.88. The molecule has 0 amide bonds. The van der Waals surface area contributed by atoms with Crippen LogP contribution in [-0.2, 0) is 13.2 Å². The molecule has 0 aromatic heterocycles. The molecule has 0 fully saturated rings. The van der Waals surface area contributed by atoms with Gasteiger partial charge in [0.2, 0.25) is 0 Å². The van der Waals surface area contributed by atoms with Crippen LogP contribution in [0.15, 0.2) is 18.2 Å². The van der Waals surface area contributed by atoms with Gasteiger partial charge >= 0.3 is 40.5 Å². The van der Waals surface area contributed by atoms with Gasteiger partial charge in [0, 0.05) is 0 Å². The van der Waals surface area contributed by atoms with E-state index < -0.39 is 11.6 Å². The molecule has 1 radical (unpaired) electrons. The van der Waals surface area contributed by atoms with Crippen LogP contribution in [0.2, 0.25) is 0 Å². The van der Waals surface area contributed by atoms with E-state index in [4.69, 9.17) is 0 Å². The van der Waals surface area contributed by atoms with E-state index >= 15 is 0 Å². The molecule has 1 aromatic rings. The van der Waals surface area contributed by atoms with E-state index in [1.54, 1.807) is 0 Å². The van der Waals surface area contributed by atoms with Crippen molar-refractivity contribution in [2.24, 2.45) is 0 Å². The first-order valence-electron chi connectivity index (χ1n) is 2.65. The standard InChI is InChI=1S/C6H3F2.2BrH.Zn/c7-5-3-1-2-4-6(5)8;;;/h1,3-4H;2*1H;/q;;;+2/p-2. The molecule has 5 heteroatoms. The molecule has 0 spiro atoms. The predicted octanol–water partition coefficient (Wildman–Crippen LogP) is 3.45. The Morgan fingerprint density at radius 1 is 1.27 bits per heavy atom. The van der Waals surface area contributed by atoms with Gasteiger partial charge in [-0.3, -0.25) is 0 Å². The van der Waals surface area contributed by atoms with Crippen LogP contribution in [-0.4, -0.2) is 0 Å². The summed E-state index contributed by atoms with van der Waals surface area (Å²) >= 11 is 6.25. The Morgan fingerprint density at radius 2 is 1.82 bits per heavy atom. The molecule has 0 heterocycles. The van der Waals surface area contributed by atoms with Crippen LogP contribution in [0.25, 0.3) is 0 Å². The molecule has 0 N–H and O–H groups in total. The summed E-state index contributed by atoms with van der Waals surface area (Å²) in [5.74, 6) is -1.68. The summed E-state index contributed by atoms with van der Waals surface area (Å²) < 4.78 is 23.8. The van der Waals surface area contributed by atoms with Crippen molar-refractivity contribution in [3.8, 4) is 0 Å². The maximum absolute atomic E-state index is 11.9. The fourth-order valence-electron chi connectivity index (χ4n) is 0.391. The Bertz CT molecular complexity index is 187. The topological polar surface area (TPSA) is 0 Å². The van der Waals surface area contributed by atoms with Gasteiger partial charge in [-0.1, -0.05) is 6.07 Å². The van der Waals surface area contributed by atoms with Crippen LogP contribution in [0.1, 0.15) is 0 Å². The molecule has 57 valence electrons. The van der Waals surface area contributed by atoms with Gasteiger partial charge in [0.15, 0.2) is 11.6 Å². The molecule has 0 aliphatic heterocycles. The van der Waals surface area contributed by atoms with Crippen molar-refractivity contribution in [3.05, 3.63) is 35.9 Å². The molecule has 0 unspecified atom stereocenters. The molecule has 1 rings (SSSR count). The SMILES string of the molecule is Fc1c[c]ccc1F.[Br][Zn][Br]. The van der Waals surface area contributed by atoms with Gasteiger partial charge in [0.1, 0.15) is 0 Å². The minimum atomic E-state index is -0.854. The van der Waals surface area contributed by atoms with Crippen LogP contribution in [0.4, 0.5) is 8.78 Å². The summed E-state index contributed by atoms with van der Waals surface area (Å²) in [6, 6.07) is 5.68. The van der Waals surface area contributed by atoms with Crippen molar-refractivity contribution in [3.63, 3.8) is 0 Å². The number of rotatable bonds is 0. The Morgan fingerprint density at radius 3 is 2.09 bits per heavy atom. The molecule has 1 aromatic carbocycles. The van der Waals surface area contributed by atoms with Crippen molar-refractivity contribution in [1.29, 1.82) is 0 Å². The van der Waals surface area contributed by atoms with E-state index in [9.17, 15) is 8.78 Å². The molecular formula is C6H3Br2F2Zn. The second kappa shape index (κ2) is 7.32. The molecule has 0 bridgehead atoms. The normalized spacial score (nSPS) is 7.64. The van der Waals surface area contributed by atoms with Crippen LogP contribution < -0.4 is 0 Å². The Hall–Kier alpha value is 0.663. The van der Waals surface area contributed by atoms with Crippen LogP contribution in [0, 0.1) is 17.7 Å². The average molecular weight is 338 g/mol. The van der Waals surface area contributed by atoms with Gasteiger partial charge < -0.3 is 0 Å². The summed E-state index contributed by atoms with van der Waals surface area (Å²) in [4.78, 5) is 0. The van der Waals surface area contributed by atoms with Crippen LogP contribution in [0.5, 0.6) is 0 Å². The molecule has 0 nitrogen and oxygen atoms in total. The molecule has 11 heavy (non-hydrogen) atoms. The van der Waals surface area contributed by atoms with Crippen molar-refractivity contribution in [2.45, 2.75) is 0 Å². The summed E-state index contributed by atoms with van der Waals surface area (Å²) in [7, 11) is 0. The summed E-state index contributed by atoms with van der Waals surface area (Å²) in [6.07, 6.45) is 0. The number of benzene rings is 1. The maximum atomic E-state index is 11.9. The number of hydrogen-bond acceptors (Lipinski definition) is 0. The second-order valence-electron chi connectivity index (χ2n) is 1.44. The third-order valence-electron chi connectivity index (χ3n) is 0.764. The Labute approximate surface area is 84.7 Å². The molecule has 0 aliphatic carbocycles. The van der Waals surface area contributed by atoms with Gasteiger partial charge in [-0.2, -0.15) is 0 Å². The van der Waals surface area contributed by atoms with Gasteiger partial charge in [0.05, 0.1) is 0 Å². The fourth-order valence-corrected chi connectivity index (χ4v) is 0.391. The second-order valence-corrected chi connectivity index (χ2v) is 15.5. The van der Waals surface area contributed by atoms with Crippen molar-refractivity contribution in [1.82, 2.24) is 0 Å². The van der Waals surface area contributed by atoms with E-state index in [2.05, 4.69) is 33.3 Å². The zero-order chi connectivity index (χ0) is 8.69. The van der Waals surface area contributed by atoms with Crippen LogP contribution in [0.3, 0.4) is 0 Å². The monoisotopic (exact) mass is 335 g/mol. The minimum absolute atomic E-state index is 0.250. The predicted molar refractivity (Wildman–Crippen MR) is 43.0 cm³/mol. The van der Waals surface area contributed by atoms with E-state index in [1.165, 1.54) is 6.07 Å². The molecule has 0 atom stereocenters. The van der Waals surface area contributed by atoms with Crippen molar-refractivity contribution < 1.29 is 22.0 Å². The van der Waals surface area contributed by atoms with E-state index in [0.29, 0.717) is 0 Å². The zero-order valence-electron chi connectivity index (χ0n) is 5.45. The first kappa shape index (κ1) is 11.7. The average Bonchev–Trinajstić information content (AvgIpc) is 1.97. The summed E-state index contributed by atoms with van der Waals surface area (Å²) in [5.41, 5.74) is 0. The van der Waals surface area contributed by atoms with Crippen molar-refractivity contribution in [2.75, 3.05) is 0 Å². The van der Waals surface area contributed by atoms with Gasteiger partial charge in [-0.25, -0.2) is 8.78 Å². The van der Waals surface area contributed by atoms with Gasteiger partial charge in [-0.15, -0.1) is 0 Å². The van der Waals surface area contributed by atoms with Gasteiger partial charge in [-0.05, 0) is 18.2 Å². The molecule has 0 saturated heterocycles. The number of halogens is 4. The Balaban J connectivity index is 0.000000292. The zero-order valence-corrected chi connectivity index (χ0v) is 11.6. The van der Waals surface area contributed by atoms with E-state index in [-0.39, 0.29) is 13.2 Å². The quantitative estimate of drug-likeness (QED) is 0.636. The van der Waals surface area contributed by atoms with E-state index in [1.807, 2.05) is 0 Å². The Kier molecular flexibility index (Phi) is 7.76.